The molecule has 0 aliphatic carbocycles. The first-order chi connectivity index (χ1) is 9.68. The van der Waals surface area contributed by atoms with Crippen molar-refractivity contribution in [3.63, 3.8) is 0 Å². The summed E-state index contributed by atoms with van der Waals surface area (Å²) in [7, 11) is 0. The predicted molar refractivity (Wildman–Crippen MR) is 88.6 cm³/mol. The highest BCUT2D eigenvalue weighted by Crippen LogP contribution is 2.28. The van der Waals surface area contributed by atoms with Crippen molar-refractivity contribution in [3.05, 3.63) is 44.8 Å². The molecule has 0 aliphatic rings. The van der Waals surface area contributed by atoms with Crippen LogP contribution in [0.4, 0.5) is 5.69 Å². The van der Waals surface area contributed by atoms with Crippen LogP contribution in [-0.4, -0.2) is 9.36 Å². The van der Waals surface area contributed by atoms with Gasteiger partial charge in [-0.3, -0.25) is 9.48 Å². The second-order valence-electron chi connectivity index (χ2n) is 6.28. The molecule has 0 spiro atoms. The lowest BCUT2D eigenvalue weighted by molar-refractivity contribution is 0.470. The Bertz CT molecular complexity index is 735. The van der Waals surface area contributed by atoms with Crippen LogP contribution in [0.1, 0.15) is 39.0 Å². The first-order valence-electron chi connectivity index (χ1n) is 7.06. The van der Waals surface area contributed by atoms with Gasteiger partial charge in [0.25, 0.3) is 5.56 Å². The molecule has 4 nitrogen and oxygen atoms in total. The number of aryl methyl sites for hydroxylation is 1. The van der Waals surface area contributed by atoms with E-state index in [1.54, 1.807) is 10.7 Å². The number of hydrogen-bond acceptors (Lipinski definition) is 2. The van der Waals surface area contributed by atoms with E-state index in [0.717, 1.165) is 16.9 Å². The molecule has 0 fully saturated rings. The molecule has 0 bridgehead atoms. The van der Waals surface area contributed by atoms with Gasteiger partial charge in [0.2, 0.25) is 0 Å². The molecule has 0 saturated heterocycles. The minimum atomic E-state index is -0.209. The zero-order valence-electron chi connectivity index (χ0n) is 13.2. The van der Waals surface area contributed by atoms with Crippen molar-refractivity contribution >= 4 is 17.3 Å². The highest BCUT2D eigenvalue weighted by atomic mass is 35.5. The van der Waals surface area contributed by atoms with E-state index in [4.69, 9.17) is 17.3 Å². The van der Waals surface area contributed by atoms with Gasteiger partial charge in [-0.25, -0.2) is 4.68 Å². The molecule has 0 amide bonds. The zero-order chi connectivity index (χ0) is 15.9. The Hall–Kier alpha value is -1.68. The summed E-state index contributed by atoms with van der Waals surface area (Å²) >= 11 is 6.19. The van der Waals surface area contributed by atoms with Crippen molar-refractivity contribution in [1.82, 2.24) is 9.36 Å². The van der Waals surface area contributed by atoms with E-state index in [-0.39, 0.29) is 11.0 Å². The van der Waals surface area contributed by atoms with Crippen LogP contribution in [0.15, 0.2) is 23.0 Å². The molecule has 21 heavy (non-hydrogen) atoms. The van der Waals surface area contributed by atoms with Crippen LogP contribution in [0.5, 0.6) is 0 Å². The topological polar surface area (TPSA) is 52.9 Å². The fourth-order valence-electron chi connectivity index (χ4n) is 2.62. The Kier molecular flexibility index (Phi) is 3.93. The summed E-state index contributed by atoms with van der Waals surface area (Å²) in [4.78, 5) is 12.6. The number of anilines is 1. The Balaban J connectivity index is 2.81. The van der Waals surface area contributed by atoms with Crippen LogP contribution in [0.3, 0.4) is 0 Å². The number of nitrogens with zero attached hydrogens (tertiary/aromatic N) is 2. The van der Waals surface area contributed by atoms with Crippen LogP contribution in [-0.2, 0) is 12.0 Å². The number of aromatic nitrogens is 2. The Morgan fingerprint density at radius 1 is 1.29 bits per heavy atom. The van der Waals surface area contributed by atoms with Crippen LogP contribution < -0.4 is 11.3 Å². The molecular formula is C16H22ClN3O. The van der Waals surface area contributed by atoms with Gasteiger partial charge in [0, 0.05) is 17.0 Å². The minimum absolute atomic E-state index is 0.193. The summed E-state index contributed by atoms with van der Waals surface area (Å²) in [6, 6.07) is 5.60. The average Bonchev–Trinajstić information content (AvgIpc) is 2.65. The van der Waals surface area contributed by atoms with Gasteiger partial charge in [-0.2, -0.15) is 0 Å². The molecular weight excluding hydrogens is 286 g/mol. The van der Waals surface area contributed by atoms with Crippen molar-refractivity contribution in [2.45, 2.75) is 46.6 Å². The highest BCUT2D eigenvalue weighted by Gasteiger charge is 2.27. The van der Waals surface area contributed by atoms with Crippen molar-refractivity contribution in [3.8, 4) is 5.69 Å². The zero-order valence-corrected chi connectivity index (χ0v) is 14.0. The molecule has 1 heterocycles. The van der Waals surface area contributed by atoms with Gasteiger partial charge in [0.15, 0.2) is 0 Å². The van der Waals surface area contributed by atoms with E-state index < -0.39 is 0 Å². The molecule has 0 aliphatic heterocycles. The molecule has 0 unspecified atom stereocenters. The third-order valence-corrected chi connectivity index (χ3v) is 3.99. The predicted octanol–water partition coefficient (Wildman–Crippen LogP) is 3.50. The normalized spacial score (nSPS) is 11.9. The first kappa shape index (κ1) is 15.7. The molecule has 2 aromatic rings. The third-order valence-electron chi connectivity index (χ3n) is 3.59. The van der Waals surface area contributed by atoms with Gasteiger partial charge in [0.05, 0.1) is 11.4 Å². The number of hydrogen-bond donors (Lipinski definition) is 1. The number of benzene rings is 1. The van der Waals surface area contributed by atoms with Gasteiger partial charge >= 0.3 is 0 Å². The van der Waals surface area contributed by atoms with Gasteiger partial charge in [-0.15, -0.1) is 0 Å². The van der Waals surface area contributed by atoms with E-state index >= 15 is 0 Å². The number of nitrogen functional groups attached to an aromatic ring is 1. The van der Waals surface area contributed by atoms with Crippen LogP contribution in [0.25, 0.3) is 5.69 Å². The number of nitrogens with two attached hydrogens (primary N) is 1. The van der Waals surface area contributed by atoms with Crippen LogP contribution in [0, 0.1) is 6.92 Å². The van der Waals surface area contributed by atoms with Crippen molar-refractivity contribution in [2.24, 2.45) is 0 Å². The fourth-order valence-corrected chi connectivity index (χ4v) is 2.80. The Morgan fingerprint density at radius 3 is 2.38 bits per heavy atom. The summed E-state index contributed by atoms with van der Waals surface area (Å²) in [5.74, 6) is 0. The number of halogens is 1. The van der Waals surface area contributed by atoms with Gasteiger partial charge in [-0.05, 0) is 31.5 Å². The third kappa shape index (κ3) is 2.60. The maximum atomic E-state index is 12.6. The van der Waals surface area contributed by atoms with Crippen molar-refractivity contribution in [1.29, 1.82) is 0 Å². The standard InChI is InChI=1S/C16H22ClN3O/c1-6-19-14(16(3,4)5)13(18)15(21)20(19)11-8-7-10(2)12(17)9-11/h7-9H,6,18H2,1-5H3. The lowest BCUT2D eigenvalue weighted by atomic mass is 9.91. The molecule has 5 heteroatoms. The van der Waals surface area contributed by atoms with Gasteiger partial charge in [-0.1, -0.05) is 38.4 Å². The van der Waals surface area contributed by atoms with E-state index in [1.807, 2.05) is 30.7 Å². The van der Waals surface area contributed by atoms with E-state index in [9.17, 15) is 4.79 Å². The minimum Gasteiger partial charge on any atom is -0.393 e. The van der Waals surface area contributed by atoms with Crippen molar-refractivity contribution < 1.29 is 0 Å². The lowest BCUT2D eigenvalue weighted by Gasteiger charge is -2.23. The fraction of sp³-hybridized carbons (Fsp3) is 0.438. The maximum Gasteiger partial charge on any atom is 0.294 e. The molecule has 114 valence electrons. The Morgan fingerprint density at radius 2 is 1.90 bits per heavy atom. The molecule has 1 aromatic heterocycles. The van der Waals surface area contributed by atoms with E-state index in [2.05, 4.69) is 20.8 Å². The number of rotatable bonds is 2. The van der Waals surface area contributed by atoms with Gasteiger partial charge < -0.3 is 5.73 Å². The summed E-state index contributed by atoms with van der Waals surface area (Å²) in [6.45, 7) is 10.7. The smallest absolute Gasteiger partial charge is 0.294 e. The summed E-state index contributed by atoms with van der Waals surface area (Å²) in [5, 5.41) is 0.638. The molecule has 0 atom stereocenters. The summed E-state index contributed by atoms with van der Waals surface area (Å²) in [5.41, 5.74) is 8.56. The van der Waals surface area contributed by atoms with Crippen LogP contribution >= 0.6 is 11.6 Å². The molecule has 2 N–H and O–H groups in total. The second-order valence-corrected chi connectivity index (χ2v) is 6.69. The monoisotopic (exact) mass is 307 g/mol. The summed E-state index contributed by atoms with van der Waals surface area (Å²) < 4.78 is 3.54. The summed E-state index contributed by atoms with van der Waals surface area (Å²) in [6.07, 6.45) is 0. The van der Waals surface area contributed by atoms with Gasteiger partial charge in [0.1, 0.15) is 5.69 Å². The Labute approximate surface area is 130 Å². The highest BCUT2D eigenvalue weighted by molar-refractivity contribution is 6.31. The molecule has 2 rings (SSSR count). The quantitative estimate of drug-likeness (QED) is 0.923. The van der Waals surface area contributed by atoms with E-state index in [1.165, 1.54) is 0 Å². The maximum absolute atomic E-state index is 12.6. The molecule has 0 saturated carbocycles. The average molecular weight is 308 g/mol. The van der Waals surface area contributed by atoms with E-state index in [0.29, 0.717) is 17.3 Å². The lowest BCUT2D eigenvalue weighted by Crippen LogP contribution is -2.24. The van der Waals surface area contributed by atoms with Crippen LogP contribution in [0.2, 0.25) is 5.02 Å². The first-order valence-corrected chi connectivity index (χ1v) is 7.44. The largest absolute Gasteiger partial charge is 0.393 e. The van der Waals surface area contributed by atoms with Crippen molar-refractivity contribution in [2.75, 3.05) is 5.73 Å². The molecule has 0 radical (unpaired) electrons. The second kappa shape index (κ2) is 5.26. The molecule has 1 aromatic carbocycles. The SMILES string of the molecule is CCn1c(C(C)(C)C)c(N)c(=O)n1-c1ccc(C)c(Cl)c1.